The first kappa shape index (κ1) is 4.56. The molecule has 1 aromatic carbocycles. The van der Waals surface area contributed by atoms with Gasteiger partial charge in [-0.2, -0.15) is 0 Å². The maximum absolute atomic E-state index is 8.21. The van der Waals surface area contributed by atoms with Gasteiger partial charge in [-0.25, -0.2) is 0 Å². The maximum atomic E-state index is 8.21. The van der Waals surface area contributed by atoms with Gasteiger partial charge in [0.05, 0.1) is 9.60 Å². The molecular formula is C16H19N. The molecule has 0 aliphatic carbocycles. The maximum Gasteiger partial charge on any atom is 0.0847 e. The zero-order valence-corrected chi connectivity index (χ0v) is 9.95. The zero-order valence-electron chi connectivity index (χ0n) is 19.9. The van der Waals surface area contributed by atoms with Gasteiger partial charge in [0, 0.05) is 22.0 Å². The molecule has 0 spiro atoms. The first-order valence-electron chi connectivity index (χ1n) is 10.2. The second-order valence-corrected chi connectivity index (χ2v) is 4.71. The largest absolute Gasteiger partial charge is 0.264 e. The number of hydrogen-bond acceptors (Lipinski definition) is 1. The molecule has 1 heterocycles. The lowest BCUT2D eigenvalue weighted by atomic mass is 9.80. The number of hydrogen-bond donors (Lipinski definition) is 0. The van der Waals surface area contributed by atoms with Crippen molar-refractivity contribution in [3.63, 3.8) is 0 Å². The molecule has 0 saturated heterocycles. The summed E-state index contributed by atoms with van der Waals surface area (Å²) in [5, 5.41) is 0. The van der Waals surface area contributed by atoms with Crippen LogP contribution in [0.4, 0.5) is 0 Å². The number of rotatable bonds is 1. The van der Waals surface area contributed by atoms with Crippen LogP contribution in [0.3, 0.4) is 0 Å². The van der Waals surface area contributed by atoms with Crippen LogP contribution >= 0.6 is 0 Å². The van der Waals surface area contributed by atoms with Gasteiger partial charge in [-0.15, -0.1) is 0 Å². The van der Waals surface area contributed by atoms with E-state index in [4.69, 9.17) is 13.7 Å². The Balaban J connectivity index is 3.18. The third-order valence-corrected chi connectivity index (χ3v) is 2.34. The second-order valence-electron chi connectivity index (χ2n) is 4.71. The van der Waals surface area contributed by atoms with Crippen molar-refractivity contribution in [2.75, 3.05) is 0 Å². The van der Waals surface area contributed by atoms with Crippen molar-refractivity contribution >= 4 is 0 Å². The SMILES string of the molecule is [2H]c1nc([2H])c(C([2H])([2H])[2H])c(C(C)(C)C)c1-c1c([2H])c([2H])c([2H])c([2H])c1[2H]. The fourth-order valence-corrected chi connectivity index (χ4v) is 1.68. The van der Waals surface area contributed by atoms with Crippen LogP contribution in [0.5, 0.6) is 0 Å². The highest BCUT2D eigenvalue weighted by Gasteiger charge is 2.21. The molecule has 1 nitrogen and oxygen atoms in total. The van der Waals surface area contributed by atoms with Crippen LogP contribution in [0.15, 0.2) is 42.6 Å². The Labute approximate surface area is 118 Å². The molecule has 0 aliphatic heterocycles. The van der Waals surface area contributed by atoms with Crippen molar-refractivity contribution < 1.29 is 13.7 Å². The first-order valence-corrected chi connectivity index (χ1v) is 5.20. The van der Waals surface area contributed by atoms with E-state index >= 15 is 0 Å². The van der Waals surface area contributed by atoms with Gasteiger partial charge < -0.3 is 0 Å². The molecule has 17 heavy (non-hydrogen) atoms. The molecule has 0 saturated carbocycles. The summed E-state index contributed by atoms with van der Waals surface area (Å²) in [7, 11) is 0. The molecule has 1 aromatic heterocycles. The predicted octanol–water partition coefficient (Wildman–Crippen LogP) is 4.35. The van der Waals surface area contributed by atoms with Crippen molar-refractivity contribution in [2.24, 2.45) is 0 Å². The number of benzene rings is 1. The lowest BCUT2D eigenvalue weighted by Crippen LogP contribution is -2.15. The fourth-order valence-electron chi connectivity index (χ4n) is 1.68. The fraction of sp³-hybridized carbons (Fsp3) is 0.312. The van der Waals surface area contributed by atoms with Gasteiger partial charge in [-0.05, 0) is 29.0 Å². The molecule has 0 fully saturated rings. The minimum Gasteiger partial charge on any atom is -0.264 e. The Morgan fingerprint density at radius 3 is 2.41 bits per heavy atom. The first-order chi connectivity index (χ1) is 12.1. The molecule has 2 rings (SSSR count). The highest BCUT2D eigenvalue weighted by molar-refractivity contribution is 5.69. The predicted molar refractivity (Wildman–Crippen MR) is 73.1 cm³/mol. The minimum absolute atomic E-state index is 0.0611. The van der Waals surface area contributed by atoms with E-state index in [0.29, 0.717) is 0 Å². The smallest absolute Gasteiger partial charge is 0.0847 e. The van der Waals surface area contributed by atoms with E-state index in [1.807, 2.05) is 0 Å². The van der Waals surface area contributed by atoms with Crippen LogP contribution < -0.4 is 0 Å². The van der Waals surface area contributed by atoms with Crippen LogP contribution in [-0.2, 0) is 5.41 Å². The van der Waals surface area contributed by atoms with Crippen molar-refractivity contribution in [3.8, 4) is 11.1 Å². The van der Waals surface area contributed by atoms with Gasteiger partial charge in [0.25, 0.3) is 0 Å². The molecule has 0 bridgehead atoms. The molecule has 0 radical (unpaired) electrons. The Morgan fingerprint density at radius 1 is 1.12 bits per heavy atom. The van der Waals surface area contributed by atoms with Gasteiger partial charge in [-0.1, -0.05) is 51.0 Å². The van der Waals surface area contributed by atoms with E-state index in [9.17, 15) is 0 Å². The highest BCUT2D eigenvalue weighted by Crippen LogP contribution is 2.34. The van der Waals surface area contributed by atoms with E-state index in [2.05, 4.69) is 4.98 Å². The Hall–Kier alpha value is -1.63. The normalized spacial score (nSPS) is 20.6. The van der Waals surface area contributed by atoms with Crippen molar-refractivity contribution in [2.45, 2.75) is 33.0 Å². The molecule has 88 valence electrons. The highest BCUT2D eigenvalue weighted by atomic mass is 14.6. The third kappa shape index (κ3) is 2.38. The summed E-state index contributed by atoms with van der Waals surface area (Å²) < 4.78 is 79.4. The molecular weight excluding hydrogens is 206 g/mol. The minimum atomic E-state index is -2.72. The summed E-state index contributed by atoms with van der Waals surface area (Å²) in [6.07, 6.45) is -1.09. The van der Waals surface area contributed by atoms with Crippen molar-refractivity contribution in [3.05, 3.63) is 53.7 Å². The van der Waals surface area contributed by atoms with Gasteiger partial charge in [-0.3, -0.25) is 4.98 Å². The average molecular weight is 235 g/mol. The van der Waals surface area contributed by atoms with Crippen LogP contribution in [0.25, 0.3) is 11.1 Å². The van der Waals surface area contributed by atoms with Crippen molar-refractivity contribution in [1.29, 1.82) is 0 Å². The standard InChI is InChI=1S/C16H19N/c1-12-10-17-11-14(15(12)16(2,3)4)13-8-6-5-7-9-13/h5-11H,1-4H3/i1D3,5D,6D,7D,8D,9D,10D,11D. The third-order valence-electron chi connectivity index (χ3n) is 2.34. The molecule has 0 aliphatic rings. The molecule has 0 amide bonds. The summed E-state index contributed by atoms with van der Waals surface area (Å²) in [5.41, 5.74) is -1.65. The van der Waals surface area contributed by atoms with Crippen LogP contribution in [0.1, 0.15) is 45.6 Å². The average Bonchev–Trinajstić information content (AvgIpc) is 2.50. The van der Waals surface area contributed by atoms with Gasteiger partial charge in [0.2, 0.25) is 0 Å². The van der Waals surface area contributed by atoms with Crippen LogP contribution in [0, 0.1) is 6.85 Å². The molecule has 0 N–H and O–H groups in total. The number of nitrogens with zero attached hydrogens (tertiary/aromatic N) is 1. The lowest BCUT2D eigenvalue weighted by Gasteiger charge is -2.25. The van der Waals surface area contributed by atoms with Crippen LogP contribution in [-0.4, -0.2) is 4.98 Å². The summed E-state index contributed by atoms with van der Waals surface area (Å²) in [5.74, 6) is 0. The quantitative estimate of drug-likeness (QED) is 0.716. The van der Waals surface area contributed by atoms with Crippen LogP contribution in [0.2, 0.25) is 0 Å². The van der Waals surface area contributed by atoms with Gasteiger partial charge in [0.15, 0.2) is 0 Å². The molecule has 0 atom stereocenters. The van der Waals surface area contributed by atoms with Gasteiger partial charge in [0.1, 0.15) is 0 Å². The Morgan fingerprint density at radius 2 is 1.82 bits per heavy atom. The second kappa shape index (κ2) is 4.33. The lowest BCUT2D eigenvalue weighted by molar-refractivity contribution is 0.587. The Bertz CT molecular complexity index is 896. The van der Waals surface area contributed by atoms with Gasteiger partial charge >= 0.3 is 0 Å². The summed E-state index contributed by atoms with van der Waals surface area (Å²) in [6, 6.07) is -2.85. The molecule has 1 heteroatoms. The summed E-state index contributed by atoms with van der Waals surface area (Å²) >= 11 is 0. The molecule has 2 aromatic rings. The summed E-state index contributed by atoms with van der Waals surface area (Å²) in [4.78, 5) is 3.69. The number of pyridine rings is 1. The van der Waals surface area contributed by atoms with E-state index in [-0.39, 0.29) is 22.3 Å². The topological polar surface area (TPSA) is 12.9 Å². The zero-order chi connectivity index (χ0) is 21.1. The Kier molecular flexibility index (Phi) is 1.16. The molecule has 0 unspecified atom stereocenters. The van der Waals surface area contributed by atoms with E-state index < -0.39 is 54.8 Å². The van der Waals surface area contributed by atoms with E-state index in [0.717, 1.165) is 0 Å². The van der Waals surface area contributed by atoms with Crippen molar-refractivity contribution in [1.82, 2.24) is 4.98 Å². The summed E-state index contributed by atoms with van der Waals surface area (Å²) in [6.45, 7) is 2.31. The number of aromatic nitrogens is 1. The van der Waals surface area contributed by atoms with E-state index in [1.165, 1.54) is 0 Å². The monoisotopic (exact) mass is 235 g/mol. The van der Waals surface area contributed by atoms with E-state index in [1.54, 1.807) is 20.8 Å².